The lowest BCUT2D eigenvalue weighted by atomic mass is 9.90. The Hall–Kier alpha value is -5.25. The molecule has 1 fully saturated rings. The maximum atomic E-state index is 12.9. The van der Waals surface area contributed by atoms with Crippen molar-refractivity contribution in [2.45, 2.75) is 64.7 Å². The van der Waals surface area contributed by atoms with E-state index in [1.165, 1.54) is 6.33 Å². The molecule has 0 atom stereocenters. The molecule has 4 N–H and O–H groups in total. The van der Waals surface area contributed by atoms with Gasteiger partial charge >= 0.3 is 6.18 Å². The van der Waals surface area contributed by atoms with Gasteiger partial charge in [-0.2, -0.15) is 23.5 Å². The molecule has 0 radical (unpaired) electrons. The number of benzene rings is 2. The second-order valence-corrected chi connectivity index (χ2v) is 12.4. The summed E-state index contributed by atoms with van der Waals surface area (Å²) >= 11 is 0. The van der Waals surface area contributed by atoms with E-state index in [4.69, 9.17) is 10.8 Å². The van der Waals surface area contributed by atoms with E-state index in [2.05, 4.69) is 20.6 Å². The summed E-state index contributed by atoms with van der Waals surface area (Å²) in [7, 11) is 0. The first-order valence-corrected chi connectivity index (χ1v) is 14.7. The number of nitrogens with zero attached hydrogens (tertiary/aromatic N) is 5. The number of nitrogens with two attached hydrogens (primary N) is 1. The van der Waals surface area contributed by atoms with E-state index in [9.17, 15) is 28.0 Å². The summed E-state index contributed by atoms with van der Waals surface area (Å²) in [6, 6.07) is 12.7. The number of fused-ring (bicyclic) bond motifs is 1. The lowest BCUT2D eigenvalue weighted by Crippen LogP contribution is -2.38. The molecule has 2 aromatic carbocycles. The van der Waals surface area contributed by atoms with Crippen molar-refractivity contribution in [3.63, 3.8) is 0 Å². The molecule has 10 nitrogen and oxygen atoms in total. The quantitative estimate of drug-likeness (QED) is 0.164. The van der Waals surface area contributed by atoms with Crippen LogP contribution in [0.4, 0.5) is 24.7 Å². The Labute approximate surface area is 263 Å². The molecule has 238 valence electrons. The van der Waals surface area contributed by atoms with E-state index in [0.29, 0.717) is 53.7 Å². The number of allylic oxidation sites excluding steroid dienone is 1. The van der Waals surface area contributed by atoms with Crippen LogP contribution in [0.3, 0.4) is 0 Å². The molecule has 2 heterocycles. The van der Waals surface area contributed by atoms with Crippen molar-refractivity contribution in [1.29, 1.82) is 5.26 Å². The molecular formula is C33H33F3N8O2. The van der Waals surface area contributed by atoms with Crippen LogP contribution in [-0.4, -0.2) is 37.6 Å². The molecule has 0 saturated heterocycles. The molecule has 1 aliphatic carbocycles. The highest BCUT2D eigenvalue weighted by atomic mass is 19.4. The molecular weight excluding hydrogens is 597 g/mol. The highest BCUT2D eigenvalue weighted by Crippen LogP contribution is 2.36. The number of alkyl halides is 3. The van der Waals surface area contributed by atoms with Gasteiger partial charge in [0.25, 0.3) is 11.8 Å². The fourth-order valence-corrected chi connectivity index (χ4v) is 5.49. The number of carbonyl (C=O) groups is 2. The number of hydrogen-bond acceptors (Lipinski definition) is 7. The maximum absolute atomic E-state index is 12.9. The summed E-state index contributed by atoms with van der Waals surface area (Å²) in [6.07, 6.45) is 1.38. The Balaban J connectivity index is 1.30. The van der Waals surface area contributed by atoms with E-state index < -0.39 is 17.6 Å². The molecule has 46 heavy (non-hydrogen) atoms. The van der Waals surface area contributed by atoms with Gasteiger partial charge in [-0.15, -0.1) is 0 Å². The maximum Gasteiger partial charge on any atom is 0.416 e. The first kappa shape index (κ1) is 32.2. The minimum Gasteiger partial charge on any atom is -0.383 e. The van der Waals surface area contributed by atoms with Gasteiger partial charge in [-0.1, -0.05) is 39.0 Å². The average Bonchev–Trinajstić information content (AvgIpc) is 3.41. The lowest BCUT2D eigenvalue weighted by molar-refractivity contribution is -0.137. The van der Waals surface area contributed by atoms with Crippen LogP contribution in [0.5, 0.6) is 0 Å². The number of nitriles is 1. The number of amides is 2. The zero-order valence-electron chi connectivity index (χ0n) is 25.5. The van der Waals surface area contributed by atoms with Crippen molar-refractivity contribution in [2.75, 3.05) is 11.1 Å². The number of anilines is 2. The molecule has 4 aromatic rings. The molecule has 0 bridgehead atoms. The van der Waals surface area contributed by atoms with E-state index in [-0.39, 0.29) is 40.4 Å². The van der Waals surface area contributed by atoms with Crippen molar-refractivity contribution in [3.8, 4) is 17.3 Å². The minimum atomic E-state index is -4.49. The summed E-state index contributed by atoms with van der Waals surface area (Å²) < 4.78 is 40.4. The van der Waals surface area contributed by atoms with Gasteiger partial charge in [-0.3, -0.25) is 9.59 Å². The Bertz CT molecular complexity index is 1820. The van der Waals surface area contributed by atoms with Crippen molar-refractivity contribution in [2.24, 2.45) is 5.41 Å². The van der Waals surface area contributed by atoms with Gasteiger partial charge in [0.05, 0.1) is 17.0 Å². The zero-order chi connectivity index (χ0) is 33.2. The van der Waals surface area contributed by atoms with Gasteiger partial charge in [0, 0.05) is 22.9 Å². The third-order valence-electron chi connectivity index (χ3n) is 7.73. The molecule has 13 heteroatoms. The van der Waals surface area contributed by atoms with Crippen LogP contribution >= 0.6 is 0 Å². The largest absolute Gasteiger partial charge is 0.416 e. The topological polar surface area (TPSA) is 152 Å². The number of carbonyl (C=O) groups excluding carboxylic acids is 2. The molecule has 0 aliphatic heterocycles. The van der Waals surface area contributed by atoms with Crippen LogP contribution in [0.15, 0.2) is 66.5 Å². The van der Waals surface area contributed by atoms with Crippen molar-refractivity contribution in [3.05, 3.63) is 77.6 Å². The SMILES string of the molecule is CC(C)(C)C=C(C#N)C(=O)N[C@H]1CC[C@H](n2nc(-c3ccc(NC(=O)c4ccc(C(F)(F)F)cc4)cc3)c3c(N)ncnc32)CC1. The highest BCUT2D eigenvalue weighted by molar-refractivity contribution is 6.04. The third kappa shape index (κ3) is 7.17. The first-order valence-electron chi connectivity index (χ1n) is 14.7. The monoisotopic (exact) mass is 630 g/mol. The second-order valence-electron chi connectivity index (χ2n) is 12.4. The summed E-state index contributed by atoms with van der Waals surface area (Å²) in [4.78, 5) is 34.0. The summed E-state index contributed by atoms with van der Waals surface area (Å²) in [5.41, 5.74) is 7.64. The lowest BCUT2D eigenvalue weighted by Gasteiger charge is -2.29. The van der Waals surface area contributed by atoms with Gasteiger partial charge in [0.15, 0.2) is 5.65 Å². The minimum absolute atomic E-state index is 0.0125. The van der Waals surface area contributed by atoms with E-state index in [1.54, 1.807) is 30.3 Å². The van der Waals surface area contributed by atoms with Crippen LogP contribution < -0.4 is 16.4 Å². The summed E-state index contributed by atoms with van der Waals surface area (Å²) in [6.45, 7) is 5.79. The first-order chi connectivity index (χ1) is 21.7. The van der Waals surface area contributed by atoms with Crippen molar-refractivity contribution in [1.82, 2.24) is 25.1 Å². The molecule has 1 saturated carbocycles. The van der Waals surface area contributed by atoms with Crippen LogP contribution in [-0.2, 0) is 11.0 Å². The number of rotatable bonds is 6. The number of hydrogen-bond donors (Lipinski definition) is 3. The van der Waals surface area contributed by atoms with Crippen molar-refractivity contribution >= 4 is 34.4 Å². The molecule has 0 spiro atoms. The van der Waals surface area contributed by atoms with Crippen LogP contribution in [0.25, 0.3) is 22.3 Å². The predicted octanol–water partition coefficient (Wildman–Crippen LogP) is 6.44. The molecule has 0 unspecified atom stereocenters. The fourth-order valence-electron chi connectivity index (χ4n) is 5.49. The van der Waals surface area contributed by atoms with E-state index >= 15 is 0 Å². The van der Waals surface area contributed by atoms with Crippen LogP contribution in [0.2, 0.25) is 0 Å². The Morgan fingerprint density at radius 2 is 1.65 bits per heavy atom. The number of nitrogen functional groups attached to an aromatic ring is 1. The standard InChI is InChI=1S/C33H33F3N8O2/c1-32(2,3)16-21(17-37)31(46)42-24-12-14-25(15-13-24)44-29-26(28(38)39-18-40-29)27(43-44)19-6-10-23(11-7-19)41-30(45)20-4-8-22(9-5-20)33(34,35)36/h4-11,16,18,24-25H,12-15H2,1-3H3,(H,41,45)(H,42,46)(H2,38,39,40)/t24-,25-. The Kier molecular flexibility index (Phi) is 8.83. The van der Waals surface area contributed by atoms with E-state index in [1.807, 2.05) is 31.5 Å². The number of aromatic nitrogens is 4. The summed E-state index contributed by atoms with van der Waals surface area (Å²) in [5.74, 6) is -0.650. The second kappa shape index (κ2) is 12.6. The third-order valence-corrected chi connectivity index (χ3v) is 7.73. The molecule has 1 aliphatic rings. The average molecular weight is 631 g/mol. The molecule has 2 amide bonds. The van der Waals surface area contributed by atoms with Gasteiger partial charge in [0.1, 0.15) is 29.5 Å². The van der Waals surface area contributed by atoms with Gasteiger partial charge < -0.3 is 16.4 Å². The van der Waals surface area contributed by atoms with Crippen LogP contribution in [0, 0.1) is 16.7 Å². The predicted molar refractivity (Wildman–Crippen MR) is 167 cm³/mol. The Morgan fingerprint density at radius 3 is 2.24 bits per heavy atom. The van der Waals surface area contributed by atoms with Gasteiger partial charge in [-0.05, 0) is 67.5 Å². The molecule has 5 rings (SSSR count). The van der Waals surface area contributed by atoms with Crippen molar-refractivity contribution < 1.29 is 22.8 Å². The van der Waals surface area contributed by atoms with Crippen LogP contribution in [0.1, 0.15) is 68.4 Å². The fraction of sp³-hybridized carbons (Fsp3) is 0.333. The number of halogens is 3. The number of nitrogens with one attached hydrogen (secondary N) is 2. The normalized spacial score (nSPS) is 17.4. The Morgan fingerprint density at radius 1 is 1.00 bits per heavy atom. The summed E-state index contributed by atoms with van der Waals surface area (Å²) in [5, 5.41) is 20.6. The highest BCUT2D eigenvalue weighted by Gasteiger charge is 2.31. The zero-order valence-corrected chi connectivity index (χ0v) is 25.5. The molecule has 2 aromatic heterocycles. The van der Waals surface area contributed by atoms with E-state index in [0.717, 1.165) is 24.3 Å². The van der Waals surface area contributed by atoms with Gasteiger partial charge in [-0.25, -0.2) is 14.6 Å². The smallest absolute Gasteiger partial charge is 0.383 e. The van der Waals surface area contributed by atoms with Gasteiger partial charge in [0.2, 0.25) is 0 Å².